The van der Waals surface area contributed by atoms with Gasteiger partial charge in [0.1, 0.15) is 6.07 Å². The maximum Gasteiger partial charge on any atom is 0.436 e. The first kappa shape index (κ1) is 21.5. The van der Waals surface area contributed by atoms with Gasteiger partial charge in [-0.1, -0.05) is 17.7 Å². The van der Waals surface area contributed by atoms with Crippen LogP contribution in [0.2, 0.25) is 5.02 Å². The van der Waals surface area contributed by atoms with Crippen molar-refractivity contribution < 1.29 is 27.4 Å². The van der Waals surface area contributed by atoms with Gasteiger partial charge in [-0.15, -0.1) is 0 Å². The van der Waals surface area contributed by atoms with Crippen molar-refractivity contribution in [3.63, 3.8) is 0 Å². The zero-order chi connectivity index (χ0) is 23.2. The Morgan fingerprint density at radius 2 is 1.94 bits per heavy atom. The number of carbonyl (C=O) groups excluding carboxylic acids is 1. The Bertz CT molecular complexity index is 1280. The molecule has 1 amide bonds. The minimum atomic E-state index is -4.71. The second-order valence-electron chi connectivity index (χ2n) is 6.91. The van der Waals surface area contributed by atoms with E-state index < -0.39 is 22.8 Å². The van der Waals surface area contributed by atoms with Crippen LogP contribution in [0, 0.1) is 18.3 Å². The number of aromatic nitrogens is 2. The lowest BCUT2D eigenvalue weighted by molar-refractivity contribution is -0.141. The Morgan fingerprint density at radius 3 is 2.56 bits per heavy atom. The average molecular weight is 463 g/mol. The molecule has 0 fully saturated rings. The number of hydrogen-bond donors (Lipinski definition) is 0. The molecule has 0 saturated heterocycles. The van der Waals surface area contributed by atoms with E-state index in [1.165, 1.54) is 55.3 Å². The van der Waals surface area contributed by atoms with Gasteiger partial charge in [0, 0.05) is 24.7 Å². The van der Waals surface area contributed by atoms with Crippen molar-refractivity contribution >= 4 is 23.2 Å². The first-order valence-corrected chi connectivity index (χ1v) is 9.54. The summed E-state index contributed by atoms with van der Waals surface area (Å²) in [6.07, 6.45) is -4.71. The van der Waals surface area contributed by atoms with Crippen molar-refractivity contribution in [3.8, 4) is 23.3 Å². The van der Waals surface area contributed by atoms with Crippen LogP contribution in [0.15, 0.2) is 36.4 Å². The summed E-state index contributed by atoms with van der Waals surface area (Å²) >= 11 is 5.83. The van der Waals surface area contributed by atoms with Crippen molar-refractivity contribution in [2.24, 2.45) is 0 Å². The van der Waals surface area contributed by atoms with Gasteiger partial charge in [-0.2, -0.15) is 23.5 Å². The number of benzene rings is 2. The predicted molar refractivity (Wildman–Crippen MR) is 108 cm³/mol. The summed E-state index contributed by atoms with van der Waals surface area (Å²) < 4.78 is 51.1. The molecular formula is C21H14ClF3N4O3. The van der Waals surface area contributed by atoms with E-state index in [1.807, 2.05) is 6.07 Å². The van der Waals surface area contributed by atoms with E-state index in [-0.39, 0.29) is 29.3 Å². The quantitative estimate of drug-likeness (QED) is 0.562. The van der Waals surface area contributed by atoms with Gasteiger partial charge in [0.05, 0.1) is 27.7 Å². The van der Waals surface area contributed by atoms with Crippen molar-refractivity contribution in [2.45, 2.75) is 13.1 Å². The molecule has 1 aliphatic heterocycles. The topological polar surface area (TPSA) is 80.4 Å². The minimum absolute atomic E-state index is 0.00898. The van der Waals surface area contributed by atoms with Crippen LogP contribution in [0.1, 0.15) is 27.3 Å². The third kappa shape index (κ3) is 3.61. The Labute approximate surface area is 185 Å². The van der Waals surface area contributed by atoms with Crippen LogP contribution in [-0.2, 0) is 6.18 Å². The molecule has 0 spiro atoms. The van der Waals surface area contributed by atoms with Crippen molar-refractivity contribution in [1.29, 1.82) is 5.26 Å². The van der Waals surface area contributed by atoms with Gasteiger partial charge in [-0.05, 0) is 25.1 Å². The van der Waals surface area contributed by atoms with Crippen molar-refractivity contribution in [2.75, 3.05) is 18.7 Å². The standard InChI is InChI=1S/C21H14ClF3N4O3/c1-11-18(22)19(21(23,24)25)27-29(11)14-5-3-4-12(6-14)20(30)28(2)15-8-17-16(31-10-32-17)7-13(15)9-26/h3-8H,10H2,1-2H3. The molecule has 0 radical (unpaired) electrons. The number of fused-ring (bicyclic) bond motifs is 1. The number of carbonyl (C=O) groups is 1. The molecule has 0 aliphatic carbocycles. The second-order valence-corrected chi connectivity index (χ2v) is 7.28. The molecule has 0 saturated carbocycles. The highest BCUT2D eigenvalue weighted by Crippen LogP contribution is 2.39. The van der Waals surface area contributed by atoms with Gasteiger partial charge in [-0.25, -0.2) is 4.68 Å². The van der Waals surface area contributed by atoms with Crippen LogP contribution in [-0.4, -0.2) is 29.5 Å². The maximum atomic E-state index is 13.2. The molecule has 1 aliphatic rings. The summed E-state index contributed by atoms with van der Waals surface area (Å²) in [5.41, 5.74) is -0.226. The molecule has 1 aromatic heterocycles. The van der Waals surface area contributed by atoms with E-state index >= 15 is 0 Å². The highest BCUT2D eigenvalue weighted by atomic mass is 35.5. The van der Waals surface area contributed by atoms with E-state index in [0.717, 1.165) is 4.68 Å². The summed E-state index contributed by atoms with van der Waals surface area (Å²) in [4.78, 5) is 14.4. The fraction of sp³-hybridized carbons (Fsp3) is 0.190. The zero-order valence-corrected chi connectivity index (χ0v) is 17.5. The van der Waals surface area contributed by atoms with E-state index in [2.05, 4.69) is 5.10 Å². The molecule has 7 nitrogen and oxygen atoms in total. The van der Waals surface area contributed by atoms with Gasteiger partial charge >= 0.3 is 6.18 Å². The average Bonchev–Trinajstić information content (AvgIpc) is 3.35. The number of nitrogens with zero attached hydrogens (tertiary/aromatic N) is 4. The van der Waals surface area contributed by atoms with E-state index in [9.17, 15) is 23.2 Å². The molecule has 0 bridgehead atoms. The second kappa shape index (κ2) is 7.76. The summed E-state index contributed by atoms with van der Waals surface area (Å²) in [6.45, 7) is 1.41. The Hall–Kier alpha value is -3.71. The molecular weight excluding hydrogens is 449 g/mol. The molecule has 164 valence electrons. The fourth-order valence-electron chi connectivity index (χ4n) is 3.29. The van der Waals surface area contributed by atoms with Crippen molar-refractivity contribution in [1.82, 2.24) is 9.78 Å². The molecule has 2 aromatic carbocycles. The summed E-state index contributed by atoms with van der Waals surface area (Å²) in [5, 5.41) is 12.5. The number of rotatable bonds is 3. The normalized spacial score (nSPS) is 12.5. The predicted octanol–water partition coefficient (Wildman–Crippen LogP) is 4.73. The molecule has 0 N–H and O–H groups in total. The fourth-order valence-corrected chi connectivity index (χ4v) is 3.51. The highest BCUT2D eigenvalue weighted by Gasteiger charge is 2.38. The Kier molecular flexibility index (Phi) is 5.22. The van der Waals surface area contributed by atoms with E-state index in [1.54, 1.807) is 0 Å². The lowest BCUT2D eigenvalue weighted by Crippen LogP contribution is -2.27. The molecule has 11 heteroatoms. The minimum Gasteiger partial charge on any atom is -0.454 e. The lowest BCUT2D eigenvalue weighted by Gasteiger charge is -2.19. The summed E-state index contributed by atoms with van der Waals surface area (Å²) in [5.74, 6) is 0.308. The van der Waals surface area contributed by atoms with E-state index in [0.29, 0.717) is 17.2 Å². The van der Waals surface area contributed by atoms with Crippen LogP contribution < -0.4 is 14.4 Å². The highest BCUT2D eigenvalue weighted by molar-refractivity contribution is 6.32. The monoisotopic (exact) mass is 462 g/mol. The SMILES string of the molecule is Cc1c(Cl)c(C(F)(F)F)nn1-c1cccc(C(=O)N(C)c2cc3c(cc2C#N)OCO3)c1. The molecule has 32 heavy (non-hydrogen) atoms. The molecule has 2 heterocycles. The largest absolute Gasteiger partial charge is 0.454 e. The number of hydrogen-bond acceptors (Lipinski definition) is 5. The smallest absolute Gasteiger partial charge is 0.436 e. The number of halogens is 4. The van der Waals surface area contributed by atoms with Gasteiger partial charge in [0.25, 0.3) is 5.91 Å². The summed E-state index contributed by atoms with van der Waals surface area (Å²) in [6, 6.07) is 10.9. The van der Waals surface area contributed by atoms with Crippen LogP contribution in [0.25, 0.3) is 5.69 Å². The molecule has 3 aromatic rings. The number of amides is 1. The van der Waals surface area contributed by atoms with E-state index in [4.69, 9.17) is 21.1 Å². The van der Waals surface area contributed by atoms with Crippen LogP contribution in [0.3, 0.4) is 0 Å². The third-order valence-electron chi connectivity index (χ3n) is 4.93. The number of alkyl halides is 3. The zero-order valence-electron chi connectivity index (χ0n) is 16.7. The van der Waals surface area contributed by atoms with Gasteiger partial charge < -0.3 is 14.4 Å². The molecule has 4 rings (SSSR count). The molecule has 0 atom stereocenters. The Balaban J connectivity index is 1.71. The van der Waals surface area contributed by atoms with Crippen LogP contribution in [0.4, 0.5) is 18.9 Å². The summed E-state index contributed by atoms with van der Waals surface area (Å²) in [7, 11) is 1.48. The first-order chi connectivity index (χ1) is 15.1. The first-order valence-electron chi connectivity index (χ1n) is 9.16. The maximum absolute atomic E-state index is 13.2. The third-order valence-corrected chi connectivity index (χ3v) is 5.38. The Morgan fingerprint density at radius 1 is 1.25 bits per heavy atom. The van der Waals surface area contributed by atoms with Crippen molar-refractivity contribution in [3.05, 3.63) is 63.9 Å². The van der Waals surface area contributed by atoms with Gasteiger partial charge in [-0.3, -0.25) is 4.79 Å². The lowest BCUT2D eigenvalue weighted by atomic mass is 10.1. The number of ether oxygens (including phenoxy) is 2. The number of nitriles is 1. The van der Waals surface area contributed by atoms with Crippen LogP contribution in [0.5, 0.6) is 11.5 Å². The van der Waals surface area contributed by atoms with Gasteiger partial charge in [0.2, 0.25) is 6.79 Å². The molecule has 0 unspecified atom stereocenters. The van der Waals surface area contributed by atoms with Gasteiger partial charge in [0.15, 0.2) is 17.2 Å². The number of anilines is 1. The van der Waals surface area contributed by atoms with Crippen LogP contribution >= 0.6 is 11.6 Å².